The Balaban J connectivity index is 1.71. The maximum absolute atomic E-state index is 14.2. The van der Waals surface area contributed by atoms with Gasteiger partial charge in [-0.3, -0.25) is 9.54 Å². The zero-order chi connectivity index (χ0) is 19.2. The zero-order valence-electron chi connectivity index (χ0n) is 14.3. The summed E-state index contributed by atoms with van der Waals surface area (Å²) < 4.78 is 58.6. The third-order valence-electron chi connectivity index (χ3n) is 4.41. The summed E-state index contributed by atoms with van der Waals surface area (Å²) in [6.45, 7) is 1.95. The molecule has 1 aliphatic heterocycles. The van der Waals surface area contributed by atoms with Crippen molar-refractivity contribution >= 4 is 21.0 Å². The molecule has 0 bridgehead atoms. The number of aryl methyl sites for hydroxylation is 1. The summed E-state index contributed by atoms with van der Waals surface area (Å²) in [5.74, 6) is 0.152. The van der Waals surface area contributed by atoms with Crippen LogP contribution in [0.3, 0.4) is 0 Å². The molecule has 3 aromatic rings. The fourth-order valence-electron chi connectivity index (χ4n) is 3.24. The summed E-state index contributed by atoms with van der Waals surface area (Å²) in [6, 6.07) is 9.26. The van der Waals surface area contributed by atoms with Crippen molar-refractivity contribution < 1.29 is 26.8 Å². The van der Waals surface area contributed by atoms with E-state index in [1.165, 1.54) is 18.3 Å². The van der Waals surface area contributed by atoms with Crippen LogP contribution in [0.4, 0.5) is 4.39 Å². The van der Waals surface area contributed by atoms with Crippen LogP contribution in [0.25, 0.3) is 10.9 Å². The van der Waals surface area contributed by atoms with Gasteiger partial charge in [0, 0.05) is 24.1 Å². The highest BCUT2D eigenvalue weighted by Crippen LogP contribution is 2.40. The van der Waals surface area contributed by atoms with Crippen molar-refractivity contribution in [2.24, 2.45) is 0 Å². The Labute approximate surface area is 155 Å². The quantitative estimate of drug-likeness (QED) is 0.692. The van der Waals surface area contributed by atoms with Gasteiger partial charge in [-0.2, -0.15) is 8.42 Å². The first-order chi connectivity index (χ1) is 12.8. The van der Waals surface area contributed by atoms with Gasteiger partial charge in [0.15, 0.2) is 17.3 Å². The van der Waals surface area contributed by atoms with Crippen molar-refractivity contribution in [2.75, 3.05) is 6.61 Å². The molecule has 0 spiro atoms. The molecule has 2 aromatic carbocycles. The van der Waals surface area contributed by atoms with Gasteiger partial charge in [0.05, 0.1) is 4.90 Å². The van der Waals surface area contributed by atoms with Crippen molar-refractivity contribution in [3.63, 3.8) is 0 Å². The molecular weight excluding hydrogens is 373 g/mol. The third kappa shape index (κ3) is 3.33. The van der Waals surface area contributed by atoms with Crippen molar-refractivity contribution in [3.8, 4) is 11.5 Å². The van der Waals surface area contributed by atoms with Crippen LogP contribution in [0.1, 0.15) is 11.1 Å². The molecule has 1 aliphatic rings. The van der Waals surface area contributed by atoms with E-state index in [0.29, 0.717) is 16.7 Å². The molecule has 0 fully saturated rings. The summed E-state index contributed by atoms with van der Waals surface area (Å²) >= 11 is 0. The highest BCUT2D eigenvalue weighted by Gasteiger charge is 2.27. The second-order valence-corrected chi connectivity index (χ2v) is 7.82. The smallest absolute Gasteiger partial charge is 0.294 e. The second-order valence-electron chi connectivity index (χ2n) is 6.43. The Hall–Kier alpha value is -2.71. The fraction of sp³-hybridized carbons (Fsp3) is 0.211. The average molecular weight is 389 g/mol. The first kappa shape index (κ1) is 17.7. The number of fused-ring (bicyclic) bond motifs is 3. The van der Waals surface area contributed by atoms with E-state index < -0.39 is 22.0 Å². The molecule has 2 heterocycles. The Morgan fingerprint density at radius 1 is 1.30 bits per heavy atom. The molecule has 0 amide bonds. The normalized spacial score (nSPS) is 16.5. The Morgan fingerprint density at radius 3 is 2.89 bits per heavy atom. The van der Waals surface area contributed by atoms with Gasteiger partial charge in [-0.05, 0) is 30.7 Å². The van der Waals surface area contributed by atoms with Crippen molar-refractivity contribution in [1.29, 1.82) is 0 Å². The average Bonchev–Trinajstić information content (AvgIpc) is 2.61. The lowest BCUT2D eigenvalue weighted by atomic mass is 10.0. The minimum atomic E-state index is -4.36. The second kappa shape index (κ2) is 6.47. The number of nitrogens with zero attached hydrogens (tertiary/aromatic N) is 1. The fourth-order valence-corrected chi connectivity index (χ4v) is 3.95. The van der Waals surface area contributed by atoms with Crippen LogP contribution < -0.4 is 9.47 Å². The molecule has 27 heavy (non-hydrogen) atoms. The maximum atomic E-state index is 14.2. The van der Waals surface area contributed by atoms with E-state index in [4.69, 9.17) is 9.47 Å². The maximum Gasteiger partial charge on any atom is 0.294 e. The Bertz CT molecular complexity index is 1150. The van der Waals surface area contributed by atoms with E-state index in [-0.39, 0.29) is 29.2 Å². The SMILES string of the molecule is Cc1ccc(S(=O)(=O)O)c(CC2COc3cc(F)c4ncccc4c3O2)c1. The van der Waals surface area contributed by atoms with Crippen LogP contribution in [0.5, 0.6) is 11.5 Å². The predicted octanol–water partition coefficient (Wildman–Crippen LogP) is 3.31. The molecule has 140 valence electrons. The molecule has 0 radical (unpaired) electrons. The number of rotatable bonds is 3. The van der Waals surface area contributed by atoms with Crippen LogP contribution in [0.2, 0.25) is 0 Å². The molecule has 6 nitrogen and oxygen atoms in total. The standard InChI is InChI=1S/C19H16FNO5S/c1-11-4-5-17(27(22,23)24)12(7-11)8-13-10-25-16-9-15(20)18-14(19(16)26-13)3-2-6-21-18/h2-7,9,13H,8,10H2,1H3,(H,22,23,24). The minimum Gasteiger partial charge on any atom is -0.486 e. The number of hydrogen-bond acceptors (Lipinski definition) is 5. The molecule has 0 saturated heterocycles. The first-order valence-corrected chi connectivity index (χ1v) is 9.70. The lowest BCUT2D eigenvalue weighted by Crippen LogP contribution is -2.31. The van der Waals surface area contributed by atoms with Gasteiger partial charge in [0.1, 0.15) is 18.2 Å². The van der Waals surface area contributed by atoms with Gasteiger partial charge in [0.25, 0.3) is 10.1 Å². The van der Waals surface area contributed by atoms with E-state index >= 15 is 0 Å². The molecular formula is C19H16FNO5S. The number of hydrogen-bond donors (Lipinski definition) is 1. The number of halogens is 1. The van der Waals surface area contributed by atoms with Crippen LogP contribution in [0, 0.1) is 12.7 Å². The molecule has 1 aromatic heterocycles. The predicted molar refractivity (Wildman–Crippen MR) is 96.3 cm³/mol. The zero-order valence-corrected chi connectivity index (χ0v) is 15.2. The van der Waals surface area contributed by atoms with E-state index in [0.717, 1.165) is 5.56 Å². The number of ether oxygens (including phenoxy) is 2. The van der Waals surface area contributed by atoms with Crippen LogP contribution >= 0.6 is 0 Å². The number of aromatic nitrogens is 1. The van der Waals surface area contributed by atoms with Crippen molar-refractivity contribution in [2.45, 2.75) is 24.3 Å². The topological polar surface area (TPSA) is 85.7 Å². The van der Waals surface area contributed by atoms with Gasteiger partial charge in [-0.1, -0.05) is 17.7 Å². The first-order valence-electron chi connectivity index (χ1n) is 8.26. The monoisotopic (exact) mass is 389 g/mol. The molecule has 1 atom stereocenters. The van der Waals surface area contributed by atoms with Crippen LogP contribution in [-0.4, -0.2) is 30.7 Å². The van der Waals surface area contributed by atoms with Crippen molar-refractivity contribution in [1.82, 2.24) is 4.98 Å². The third-order valence-corrected chi connectivity index (χ3v) is 5.36. The van der Waals surface area contributed by atoms with Gasteiger partial charge in [0.2, 0.25) is 0 Å². The summed E-state index contributed by atoms with van der Waals surface area (Å²) in [5, 5.41) is 0.483. The summed E-state index contributed by atoms with van der Waals surface area (Å²) in [5.41, 5.74) is 1.46. The van der Waals surface area contributed by atoms with E-state index in [1.54, 1.807) is 24.3 Å². The number of benzene rings is 2. The molecule has 1 N–H and O–H groups in total. The lowest BCUT2D eigenvalue weighted by Gasteiger charge is -2.28. The van der Waals surface area contributed by atoms with Crippen LogP contribution in [0.15, 0.2) is 47.5 Å². The largest absolute Gasteiger partial charge is 0.486 e. The Kier molecular flexibility index (Phi) is 4.24. The van der Waals surface area contributed by atoms with Gasteiger partial charge in [-0.25, -0.2) is 4.39 Å². The highest BCUT2D eigenvalue weighted by molar-refractivity contribution is 7.85. The van der Waals surface area contributed by atoms with Gasteiger partial charge in [-0.15, -0.1) is 0 Å². The van der Waals surface area contributed by atoms with Gasteiger partial charge >= 0.3 is 0 Å². The molecule has 1 unspecified atom stereocenters. The minimum absolute atomic E-state index is 0.122. The summed E-state index contributed by atoms with van der Waals surface area (Å²) in [7, 11) is -4.36. The summed E-state index contributed by atoms with van der Waals surface area (Å²) in [4.78, 5) is 3.87. The summed E-state index contributed by atoms with van der Waals surface area (Å²) in [6.07, 6.45) is 1.19. The van der Waals surface area contributed by atoms with Crippen molar-refractivity contribution in [3.05, 3.63) is 59.5 Å². The molecule has 4 rings (SSSR count). The molecule has 8 heteroatoms. The molecule has 0 saturated carbocycles. The van der Waals surface area contributed by atoms with E-state index in [2.05, 4.69) is 4.98 Å². The molecule has 0 aliphatic carbocycles. The Morgan fingerprint density at radius 2 is 2.11 bits per heavy atom. The highest BCUT2D eigenvalue weighted by atomic mass is 32.2. The van der Waals surface area contributed by atoms with Crippen LogP contribution in [-0.2, 0) is 16.5 Å². The van der Waals surface area contributed by atoms with E-state index in [1.807, 2.05) is 6.92 Å². The number of pyridine rings is 1. The van der Waals surface area contributed by atoms with Gasteiger partial charge < -0.3 is 9.47 Å². The lowest BCUT2D eigenvalue weighted by molar-refractivity contribution is 0.0924. The van der Waals surface area contributed by atoms with E-state index in [9.17, 15) is 17.4 Å².